The molecule has 0 aromatic heterocycles. The van der Waals surface area contributed by atoms with Gasteiger partial charge in [0.1, 0.15) is 11.4 Å². The Labute approximate surface area is 146 Å². The number of hydrogen-bond acceptors (Lipinski definition) is 4. The minimum absolute atomic E-state index is 0.0170. The predicted octanol–water partition coefficient (Wildman–Crippen LogP) is 5.04. The number of carbonyl (C=O) groups excluding carboxylic acids is 1. The summed E-state index contributed by atoms with van der Waals surface area (Å²) in [6.45, 7) is 9.72. The van der Waals surface area contributed by atoms with Crippen LogP contribution in [0.5, 0.6) is 5.75 Å². The first-order valence-electron chi connectivity index (χ1n) is 8.73. The summed E-state index contributed by atoms with van der Waals surface area (Å²) in [7, 11) is 0. The largest absolute Gasteiger partial charge is 0.506 e. The molecule has 0 aliphatic heterocycles. The van der Waals surface area contributed by atoms with Crippen LogP contribution in [-0.4, -0.2) is 22.8 Å². The van der Waals surface area contributed by atoms with E-state index in [0.29, 0.717) is 11.7 Å². The van der Waals surface area contributed by atoms with Gasteiger partial charge in [0.2, 0.25) is 0 Å². The van der Waals surface area contributed by atoms with E-state index in [1.165, 1.54) is 38.2 Å². The molecular formula is C19H34N2O3. The van der Waals surface area contributed by atoms with Crippen molar-refractivity contribution in [3.8, 4) is 5.75 Å². The number of anilines is 1. The van der Waals surface area contributed by atoms with Crippen LogP contribution in [0.2, 0.25) is 0 Å². The number of para-hydroxylation sites is 2. The topological polar surface area (TPSA) is 84.6 Å². The van der Waals surface area contributed by atoms with E-state index >= 15 is 0 Å². The Balaban J connectivity index is 0.000000506. The first-order chi connectivity index (χ1) is 11.2. The van der Waals surface area contributed by atoms with Gasteiger partial charge in [-0.15, -0.1) is 0 Å². The molecule has 0 bridgehead atoms. The number of nitrogens with one attached hydrogen (secondary N) is 1. The molecule has 1 aromatic rings. The van der Waals surface area contributed by atoms with Gasteiger partial charge < -0.3 is 15.6 Å². The maximum absolute atomic E-state index is 11.3. The highest BCUT2D eigenvalue weighted by atomic mass is 16.6. The third-order valence-electron chi connectivity index (χ3n) is 3.13. The van der Waals surface area contributed by atoms with Gasteiger partial charge in [-0.25, -0.2) is 4.79 Å². The lowest BCUT2D eigenvalue weighted by atomic mass is 10.1. The van der Waals surface area contributed by atoms with E-state index in [9.17, 15) is 9.90 Å². The molecule has 1 amide bonds. The first-order valence-corrected chi connectivity index (χ1v) is 8.73. The lowest BCUT2D eigenvalue weighted by Gasteiger charge is -2.19. The second-order valence-corrected chi connectivity index (χ2v) is 6.84. The van der Waals surface area contributed by atoms with Gasteiger partial charge in [-0.1, -0.05) is 45.2 Å². The van der Waals surface area contributed by atoms with Gasteiger partial charge in [-0.3, -0.25) is 5.32 Å². The Bertz CT molecular complexity index is 470. The minimum atomic E-state index is -0.580. The second-order valence-electron chi connectivity index (χ2n) is 6.84. The van der Waals surface area contributed by atoms with E-state index in [-0.39, 0.29) is 5.75 Å². The van der Waals surface area contributed by atoms with Crippen LogP contribution in [0.4, 0.5) is 10.5 Å². The fourth-order valence-electron chi connectivity index (χ4n) is 1.97. The third-order valence-corrected chi connectivity index (χ3v) is 3.13. The molecule has 0 saturated carbocycles. The molecule has 5 heteroatoms. The molecular weight excluding hydrogens is 304 g/mol. The number of unbranched alkanes of at least 4 members (excludes halogenated alkanes) is 1. The van der Waals surface area contributed by atoms with Gasteiger partial charge in [0.15, 0.2) is 0 Å². The number of hydrogen-bond donors (Lipinski definition) is 3. The van der Waals surface area contributed by atoms with Gasteiger partial charge in [-0.2, -0.15) is 0 Å². The van der Waals surface area contributed by atoms with E-state index in [1.54, 1.807) is 39.0 Å². The molecule has 5 nitrogen and oxygen atoms in total. The molecule has 0 radical (unpaired) electrons. The average Bonchev–Trinajstić information content (AvgIpc) is 2.46. The maximum Gasteiger partial charge on any atom is 0.412 e. The lowest BCUT2D eigenvalue weighted by molar-refractivity contribution is 0.0635. The zero-order chi connectivity index (χ0) is 18.6. The quantitative estimate of drug-likeness (QED) is 0.634. The van der Waals surface area contributed by atoms with Crippen LogP contribution in [-0.2, 0) is 4.74 Å². The molecule has 24 heavy (non-hydrogen) atoms. The van der Waals surface area contributed by atoms with Crippen molar-refractivity contribution in [3.05, 3.63) is 24.3 Å². The van der Waals surface area contributed by atoms with Gasteiger partial charge in [-0.05, 0) is 45.7 Å². The molecule has 0 spiro atoms. The Hall–Kier alpha value is -1.75. The maximum atomic E-state index is 11.3. The molecule has 1 aromatic carbocycles. The van der Waals surface area contributed by atoms with Crippen molar-refractivity contribution in [2.45, 2.75) is 78.4 Å². The van der Waals surface area contributed by atoms with E-state index in [0.717, 1.165) is 0 Å². The monoisotopic (exact) mass is 338 g/mol. The average molecular weight is 338 g/mol. The summed E-state index contributed by atoms with van der Waals surface area (Å²) in [5.41, 5.74) is 5.56. The van der Waals surface area contributed by atoms with E-state index < -0.39 is 11.7 Å². The fourth-order valence-corrected chi connectivity index (χ4v) is 1.97. The van der Waals surface area contributed by atoms with Gasteiger partial charge in [0.05, 0.1) is 5.69 Å². The third kappa shape index (κ3) is 11.8. The van der Waals surface area contributed by atoms with Crippen molar-refractivity contribution >= 4 is 11.8 Å². The number of ether oxygens (including phenoxy) is 1. The SMILES string of the molecule is CC(C)(C)OC(=O)Nc1ccccc1O.CCCCC(N)CCC. The number of phenols is 1. The van der Waals surface area contributed by atoms with E-state index in [1.807, 2.05) is 0 Å². The molecule has 0 fully saturated rings. The number of rotatable bonds is 6. The molecule has 0 aliphatic rings. The fraction of sp³-hybridized carbons (Fsp3) is 0.632. The van der Waals surface area contributed by atoms with Crippen molar-refractivity contribution in [1.82, 2.24) is 0 Å². The summed E-state index contributed by atoms with van der Waals surface area (Å²) < 4.78 is 5.04. The molecule has 1 rings (SSSR count). The number of nitrogens with two attached hydrogens (primary N) is 1. The zero-order valence-electron chi connectivity index (χ0n) is 15.8. The highest BCUT2D eigenvalue weighted by molar-refractivity contribution is 5.86. The van der Waals surface area contributed by atoms with Crippen LogP contribution in [0.15, 0.2) is 24.3 Å². The minimum Gasteiger partial charge on any atom is -0.506 e. The molecule has 0 saturated heterocycles. The van der Waals surface area contributed by atoms with E-state index in [2.05, 4.69) is 19.2 Å². The molecule has 0 aliphatic carbocycles. The van der Waals surface area contributed by atoms with Crippen molar-refractivity contribution in [2.75, 3.05) is 5.32 Å². The summed E-state index contributed by atoms with van der Waals surface area (Å²) in [5, 5.41) is 11.8. The first kappa shape index (κ1) is 22.2. The molecule has 1 unspecified atom stereocenters. The van der Waals surface area contributed by atoms with Crippen LogP contribution in [0, 0.1) is 0 Å². The summed E-state index contributed by atoms with van der Waals surface area (Å²) in [4.78, 5) is 11.3. The van der Waals surface area contributed by atoms with Gasteiger partial charge in [0.25, 0.3) is 0 Å². The standard InChI is InChI=1S/C11H15NO3.C8H19N/c1-11(2,3)15-10(14)12-8-6-4-5-7-9(8)13;1-3-5-7-8(9)6-4-2/h4-7,13H,1-3H3,(H,12,14);8H,3-7,9H2,1-2H3. The van der Waals surface area contributed by atoms with Crippen LogP contribution in [0.25, 0.3) is 0 Å². The molecule has 1 atom stereocenters. The number of aromatic hydroxyl groups is 1. The summed E-state index contributed by atoms with van der Waals surface area (Å²) in [6, 6.07) is 6.95. The normalized spacial score (nSPS) is 11.9. The van der Waals surface area contributed by atoms with Crippen LogP contribution < -0.4 is 11.1 Å². The number of benzene rings is 1. The van der Waals surface area contributed by atoms with Gasteiger partial charge >= 0.3 is 6.09 Å². The van der Waals surface area contributed by atoms with Crippen LogP contribution in [0.3, 0.4) is 0 Å². The van der Waals surface area contributed by atoms with Crippen LogP contribution in [0.1, 0.15) is 66.7 Å². The van der Waals surface area contributed by atoms with Crippen molar-refractivity contribution in [2.24, 2.45) is 5.73 Å². The number of amides is 1. The second kappa shape index (κ2) is 11.7. The van der Waals surface area contributed by atoms with Crippen molar-refractivity contribution in [1.29, 1.82) is 0 Å². The predicted molar refractivity (Wildman–Crippen MR) is 100 cm³/mol. The Morgan fingerprint density at radius 3 is 2.33 bits per heavy atom. The highest BCUT2D eigenvalue weighted by Crippen LogP contribution is 2.22. The number of carbonyl (C=O) groups is 1. The Morgan fingerprint density at radius 1 is 1.21 bits per heavy atom. The summed E-state index contributed by atoms with van der Waals surface area (Å²) in [5.74, 6) is 0.0170. The van der Waals surface area contributed by atoms with Crippen LogP contribution >= 0.6 is 0 Å². The molecule has 4 N–H and O–H groups in total. The van der Waals surface area contributed by atoms with Crippen molar-refractivity contribution in [3.63, 3.8) is 0 Å². The highest BCUT2D eigenvalue weighted by Gasteiger charge is 2.16. The lowest BCUT2D eigenvalue weighted by Crippen LogP contribution is -2.27. The Morgan fingerprint density at radius 2 is 1.83 bits per heavy atom. The molecule has 0 heterocycles. The summed E-state index contributed by atoms with van der Waals surface area (Å²) in [6.07, 6.45) is 5.62. The summed E-state index contributed by atoms with van der Waals surface area (Å²) >= 11 is 0. The number of phenolic OH excluding ortho intramolecular Hbond substituents is 1. The van der Waals surface area contributed by atoms with Crippen molar-refractivity contribution < 1.29 is 14.6 Å². The zero-order valence-corrected chi connectivity index (χ0v) is 15.8. The smallest absolute Gasteiger partial charge is 0.412 e. The Kier molecular flexibility index (Phi) is 10.9. The van der Waals surface area contributed by atoms with Gasteiger partial charge in [0, 0.05) is 6.04 Å². The van der Waals surface area contributed by atoms with E-state index in [4.69, 9.17) is 10.5 Å². The molecule has 138 valence electrons.